The molecule has 0 saturated carbocycles. The minimum Gasteiger partial charge on any atom is -0.385 e. The second-order valence-corrected chi connectivity index (χ2v) is 3.40. The molecule has 0 amide bonds. The average molecular weight is 189 g/mol. The van der Waals surface area contributed by atoms with Gasteiger partial charge in [-0.3, -0.25) is 0 Å². The summed E-state index contributed by atoms with van der Waals surface area (Å²) in [5.41, 5.74) is 0. The first-order valence-electron chi connectivity index (χ1n) is 4.93. The molecule has 0 fully saturated rings. The van der Waals surface area contributed by atoms with Crippen LogP contribution in [-0.4, -0.2) is 40.0 Å². The summed E-state index contributed by atoms with van der Waals surface area (Å²) in [5.74, 6) is 0. The zero-order chi connectivity index (χ0) is 10.1. The van der Waals surface area contributed by atoms with Crippen molar-refractivity contribution in [2.45, 2.75) is 38.3 Å². The van der Waals surface area contributed by atoms with Gasteiger partial charge in [0.05, 0.1) is 6.10 Å². The molecule has 0 spiro atoms. The van der Waals surface area contributed by atoms with Crippen molar-refractivity contribution in [2.24, 2.45) is 0 Å². The number of methoxy groups -OCH3 is 2. The SMILES string of the molecule is CNC(CCCOC)CC(C)OC. The van der Waals surface area contributed by atoms with Gasteiger partial charge in [0.25, 0.3) is 0 Å². The molecule has 80 valence electrons. The standard InChI is InChI=1S/C10H23NO2/c1-9(13-4)8-10(11-2)6-5-7-12-3/h9-11H,5-8H2,1-4H3. The Morgan fingerprint density at radius 3 is 2.46 bits per heavy atom. The third-order valence-electron chi connectivity index (χ3n) is 2.33. The van der Waals surface area contributed by atoms with Crippen LogP contribution in [0, 0.1) is 0 Å². The van der Waals surface area contributed by atoms with E-state index in [4.69, 9.17) is 9.47 Å². The Balaban J connectivity index is 3.50. The van der Waals surface area contributed by atoms with Crippen molar-refractivity contribution in [1.29, 1.82) is 0 Å². The molecule has 13 heavy (non-hydrogen) atoms. The molecule has 0 aliphatic heterocycles. The van der Waals surface area contributed by atoms with Gasteiger partial charge in [0, 0.05) is 26.9 Å². The number of nitrogens with one attached hydrogen (secondary N) is 1. The van der Waals surface area contributed by atoms with Crippen molar-refractivity contribution >= 4 is 0 Å². The van der Waals surface area contributed by atoms with E-state index in [-0.39, 0.29) is 0 Å². The highest BCUT2D eigenvalue weighted by atomic mass is 16.5. The van der Waals surface area contributed by atoms with E-state index in [2.05, 4.69) is 12.2 Å². The molecule has 0 aliphatic rings. The maximum absolute atomic E-state index is 5.22. The Kier molecular flexibility index (Phi) is 8.40. The first-order chi connectivity index (χ1) is 6.24. The lowest BCUT2D eigenvalue weighted by atomic mass is 10.1. The molecule has 0 aliphatic carbocycles. The maximum atomic E-state index is 5.22. The van der Waals surface area contributed by atoms with Crippen LogP contribution < -0.4 is 5.32 Å². The molecule has 0 aromatic carbocycles. The van der Waals surface area contributed by atoms with Crippen LogP contribution in [0.3, 0.4) is 0 Å². The average Bonchev–Trinajstić information content (AvgIpc) is 2.16. The number of rotatable bonds is 8. The fraction of sp³-hybridized carbons (Fsp3) is 1.00. The normalized spacial score (nSPS) is 15.7. The summed E-state index contributed by atoms with van der Waals surface area (Å²) in [6.07, 6.45) is 3.66. The third-order valence-corrected chi connectivity index (χ3v) is 2.33. The van der Waals surface area contributed by atoms with Gasteiger partial charge in [0.1, 0.15) is 0 Å². The van der Waals surface area contributed by atoms with Gasteiger partial charge >= 0.3 is 0 Å². The van der Waals surface area contributed by atoms with Crippen molar-refractivity contribution in [2.75, 3.05) is 27.9 Å². The maximum Gasteiger partial charge on any atom is 0.0558 e. The molecule has 0 saturated heterocycles. The lowest BCUT2D eigenvalue weighted by Gasteiger charge is -2.19. The minimum absolute atomic E-state index is 0.333. The van der Waals surface area contributed by atoms with Crippen LogP contribution in [0.5, 0.6) is 0 Å². The summed E-state index contributed by atoms with van der Waals surface area (Å²) in [7, 11) is 5.50. The zero-order valence-corrected chi connectivity index (χ0v) is 9.30. The Hall–Kier alpha value is -0.120. The van der Waals surface area contributed by atoms with E-state index in [1.807, 2.05) is 7.05 Å². The van der Waals surface area contributed by atoms with Gasteiger partial charge in [0.15, 0.2) is 0 Å². The third kappa shape index (κ3) is 6.99. The molecule has 3 heteroatoms. The predicted molar refractivity (Wildman–Crippen MR) is 55.0 cm³/mol. The molecule has 0 bridgehead atoms. The van der Waals surface area contributed by atoms with Crippen LogP contribution in [-0.2, 0) is 9.47 Å². The van der Waals surface area contributed by atoms with Gasteiger partial charge in [-0.1, -0.05) is 0 Å². The highest BCUT2D eigenvalue weighted by Gasteiger charge is 2.09. The molecule has 2 unspecified atom stereocenters. The summed E-state index contributed by atoms with van der Waals surface area (Å²) in [6, 6.07) is 0.546. The van der Waals surface area contributed by atoms with Crippen LogP contribution in [0.15, 0.2) is 0 Å². The van der Waals surface area contributed by atoms with E-state index >= 15 is 0 Å². The summed E-state index contributed by atoms with van der Waals surface area (Å²) in [6.45, 7) is 2.94. The quantitative estimate of drug-likeness (QED) is 0.586. The van der Waals surface area contributed by atoms with Crippen LogP contribution in [0.25, 0.3) is 0 Å². The summed E-state index contributed by atoms with van der Waals surface area (Å²) < 4.78 is 10.2. The van der Waals surface area contributed by atoms with Crippen LogP contribution in [0.4, 0.5) is 0 Å². The van der Waals surface area contributed by atoms with E-state index in [1.165, 1.54) is 0 Å². The topological polar surface area (TPSA) is 30.5 Å². The number of ether oxygens (including phenoxy) is 2. The molecule has 1 N–H and O–H groups in total. The van der Waals surface area contributed by atoms with Gasteiger partial charge in [-0.25, -0.2) is 0 Å². The van der Waals surface area contributed by atoms with Crippen molar-refractivity contribution in [3.8, 4) is 0 Å². The lowest BCUT2D eigenvalue weighted by molar-refractivity contribution is 0.0982. The van der Waals surface area contributed by atoms with Crippen LogP contribution >= 0.6 is 0 Å². The van der Waals surface area contributed by atoms with Crippen LogP contribution in [0.1, 0.15) is 26.2 Å². The fourth-order valence-electron chi connectivity index (χ4n) is 1.35. The molecule has 2 atom stereocenters. The highest BCUT2D eigenvalue weighted by Crippen LogP contribution is 2.06. The second-order valence-electron chi connectivity index (χ2n) is 3.40. The van der Waals surface area contributed by atoms with Gasteiger partial charge in [-0.2, -0.15) is 0 Å². The zero-order valence-electron chi connectivity index (χ0n) is 9.30. The Morgan fingerprint density at radius 2 is 2.00 bits per heavy atom. The first kappa shape index (κ1) is 12.9. The Bertz CT molecular complexity index is 109. The van der Waals surface area contributed by atoms with Gasteiger partial charge < -0.3 is 14.8 Å². The summed E-state index contributed by atoms with van der Waals surface area (Å²) in [5, 5.41) is 3.29. The monoisotopic (exact) mass is 189 g/mol. The van der Waals surface area contributed by atoms with E-state index in [1.54, 1.807) is 14.2 Å². The minimum atomic E-state index is 0.333. The molecular formula is C10H23NO2. The Labute approximate surface area is 81.8 Å². The van der Waals surface area contributed by atoms with Crippen molar-refractivity contribution in [3.63, 3.8) is 0 Å². The molecule has 3 nitrogen and oxygen atoms in total. The van der Waals surface area contributed by atoms with Crippen molar-refractivity contribution < 1.29 is 9.47 Å². The molecule has 0 radical (unpaired) electrons. The van der Waals surface area contributed by atoms with E-state index < -0.39 is 0 Å². The molecule has 0 rings (SSSR count). The van der Waals surface area contributed by atoms with E-state index in [9.17, 15) is 0 Å². The first-order valence-corrected chi connectivity index (χ1v) is 4.93. The molecule has 0 heterocycles. The molecule has 0 aromatic rings. The smallest absolute Gasteiger partial charge is 0.0558 e. The van der Waals surface area contributed by atoms with Crippen molar-refractivity contribution in [1.82, 2.24) is 5.32 Å². The molecular weight excluding hydrogens is 166 g/mol. The van der Waals surface area contributed by atoms with Gasteiger partial charge in [-0.15, -0.1) is 0 Å². The second kappa shape index (κ2) is 8.48. The Morgan fingerprint density at radius 1 is 1.31 bits per heavy atom. The highest BCUT2D eigenvalue weighted by molar-refractivity contribution is 4.67. The summed E-state index contributed by atoms with van der Waals surface area (Å²) >= 11 is 0. The van der Waals surface area contributed by atoms with E-state index in [0.29, 0.717) is 12.1 Å². The van der Waals surface area contributed by atoms with Crippen LogP contribution in [0.2, 0.25) is 0 Å². The van der Waals surface area contributed by atoms with E-state index in [0.717, 1.165) is 25.9 Å². The van der Waals surface area contributed by atoms with Gasteiger partial charge in [0.2, 0.25) is 0 Å². The summed E-state index contributed by atoms with van der Waals surface area (Å²) in [4.78, 5) is 0. The predicted octanol–water partition coefficient (Wildman–Crippen LogP) is 1.43. The van der Waals surface area contributed by atoms with Crippen molar-refractivity contribution in [3.05, 3.63) is 0 Å². The number of hydrogen-bond acceptors (Lipinski definition) is 3. The number of hydrogen-bond donors (Lipinski definition) is 1. The molecule has 0 aromatic heterocycles. The fourth-order valence-corrected chi connectivity index (χ4v) is 1.35. The van der Waals surface area contributed by atoms with Gasteiger partial charge in [-0.05, 0) is 33.2 Å². The largest absolute Gasteiger partial charge is 0.385 e. The lowest BCUT2D eigenvalue weighted by Crippen LogP contribution is -2.29.